The van der Waals surface area contributed by atoms with Crippen LogP contribution >= 0.6 is 22.9 Å². The Hall–Kier alpha value is -1.71. The molecule has 0 saturated carbocycles. The summed E-state index contributed by atoms with van der Waals surface area (Å²) in [6, 6.07) is 9.88. The van der Waals surface area contributed by atoms with E-state index in [1.54, 1.807) is 11.3 Å². The van der Waals surface area contributed by atoms with Crippen molar-refractivity contribution in [3.63, 3.8) is 0 Å². The van der Waals surface area contributed by atoms with Gasteiger partial charge in [0.1, 0.15) is 5.01 Å². The third kappa shape index (κ3) is 2.99. The van der Waals surface area contributed by atoms with Gasteiger partial charge in [-0.15, -0.1) is 11.3 Å². The molecule has 4 heteroatoms. The zero-order valence-electron chi connectivity index (χ0n) is 11.7. The topological polar surface area (TPSA) is 25.8 Å². The van der Waals surface area contributed by atoms with Gasteiger partial charge in [0, 0.05) is 33.9 Å². The standard InChI is InChI=1S/C17H15ClN2S/c1-2-5-12-8-9-19-10-14(12)17-20-16(11-21-17)13-6-3-4-7-15(13)18/h3-4,6-11H,2,5H2,1H3. The maximum atomic E-state index is 6.25. The summed E-state index contributed by atoms with van der Waals surface area (Å²) in [4.78, 5) is 8.99. The first kappa shape index (κ1) is 14.2. The quantitative estimate of drug-likeness (QED) is 0.637. The second-order valence-corrected chi connectivity index (χ2v) is 6.07. The van der Waals surface area contributed by atoms with Crippen molar-refractivity contribution in [3.8, 4) is 21.8 Å². The fourth-order valence-corrected chi connectivity index (χ4v) is 3.39. The molecule has 0 fully saturated rings. The molecule has 0 aliphatic carbocycles. The molecule has 0 aliphatic heterocycles. The molecule has 0 bridgehead atoms. The van der Waals surface area contributed by atoms with E-state index in [9.17, 15) is 0 Å². The molecule has 0 spiro atoms. The number of hydrogen-bond donors (Lipinski definition) is 0. The fourth-order valence-electron chi connectivity index (χ4n) is 2.29. The van der Waals surface area contributed by atoms with Gasteiger partial charge in [0.25, 0.3) is 0 Å². The summed E-state index contributed by atoms with van der Waals surface area (Å²) < 4.78 is 0. The second-order valence-electron chi connectivity index (χ2n) is 4.80. The van der Waals surface area contributed by atoms with E-state index in [0.29, 0.717) is 0 Å². The Bertz CT molecular complexity index is 752. The van der Waals surface area contributed by atoms with E-state index in [2.05, 4.69) is 23.4 Å². The Kier molecular flexibility index (Phi) is 4.32. The highest BCUT2D eigenvalue weighted by atomic mass is 35.5. The van der Waals surface area contributed by atoms with Crippen molar-refractivity contribution in [2.24, 2.45) is 0 Å². The van der Waals surface area contributed by atoms with Crippen LogP contribution in [0.25, 0.3) is 21.8 Å². The van der Waals surface area contributed by atoms with E-state index in [1.807, 2.05) is 36.7 Å². The molecule has 0 aliphatic rings. The van der Waals surface area contributed by atoms with Gasteiger partial charge in [0.15, 0.2) is 0 Å². The molecule has 0 N–H and O–H groups in total. The molecule has 0 saturated heterocycles. The van der Waals surface area contributed by atoms with Crippen molar-refractivity contribution in [2.75, 3.05) is 0 Å². The number of benzene rings is 1. The van der Waals surface area contributed by atoms with Crippen LogP contribution in [-0.4, -0.2) is 9.97 Å². The van der Waals surface area contributed by atoms with Crippen molar-refractivity contribution >= 4 is 22.9 Å². The molecule has 1 aromatic carbocycles. The summed E-state index contributed by atoms with van der Waals surface area (Å²) in [5.41, 5.74) is 4.32. The van der Waals surface area contributed by atoms with Crippen LogP contribution in [0.4, 0.5) is 0 Å². The van der Waals surface area contributed by atoms with E-state index >= 15 is 0 Å². The Morgan fingerprint density at radius 3 is 2.81 bits per heavy atom. The lowest BCUT2D eigenvalue weighted by Gasteiger charge is -2.04. The van der Waals surface area contributed by atoms with E-state index in [4.69, 9.17) is 16.6 Å². The largest absolute Gasteiger partial charge is 0.264 e. The Morgan fingerprint density at radius 2 is 2.00 bits per heavy atom. The summed E-state index contributed by atoms with van der Waals surface area (Å²) >= 11 is 7.88. The molecule has 0 amide bonds. The van der Waals surface area contributed by atoms with E-state index in [-0.39, 0.29) is 0 Å². The van der Waals surface area contributed by atoms with E-state index in [1.165, 1.54) is 5.56 Å². The lowest BCUT2D eigenvalue weighted by atomic mass is 10.1. The van der Waals surface area contributed by atoms with Gasteiger partial charge >= 0.3 is 0 Å². The molecule has 0 atom stereocenters. The fraction of sp³-hybridized carbons (Fsp3) is 0.176. The zero-order chi connectivity index (χ0) is 14.7. The lowest BCUT2D eigenvalue weighted by molar-refractivity contribution is 0.920. The minimum atomic E-state index is 0.731. The van der Waals surface area contributed by atoms with Crippen LogP contribution in [0.1, 0.15) is 18.9 Å². The number of hydrogen-bond acceptors (Lipinski definition) is 3. The highest BCUT2D eigenvalue weighted by Crippen LogP contribution is 2.33. The van der Waals surface area contributed by atoms with Crippen LogP contribution in [-0.2, 0) is 6.42 Å². The van der Waals surface area contributed by atoms with Crippen molar-refractivity contribution in [2.45, 2.75) is 19.8 Å². The lowest BCUT2D eigenvalue weighted by Crippen LogP contribution is -1.90. The van der Waals surface area contributed by atoms with Gasteiger partial charge in [-0.2, -0.15) is 0 Å². The predicted molar refractivity (Wildman–Crippen MR) is 89.8 cm³/mol. The maximum Gasteiger partial charge on any atom is 0.125 e. The van der Waals surface area contributed by atoms with Crippen LogP contribution in [0.15, 0.2) is 48.1 Å². The van der Waals surface area contributed by atoms with Crippen molar-refractivity contribution in [1.29, 1.82) is 0 Å². The number of thiazole rings is 1. The molecule has 3 rings (SSSR count). The minimum absolute atomic E-state index is 0.731. The summed E-state index contributed by atoms with van der Waals surface area (Å²) in [6.45, 7) is 2.18. The third-order valence-corrected chi connectivity index (χ3v) is 4.52. The van der Waals surface area contributed by atoms with E-state index in [0.717, 1.165) is 39.7 Å². The highest BCUT2D eigenvalue weighted by molar-refractivity contribution is 7.13. The molecule has 2 nitrogen and oxygen atoms in total. The van der Waals surface area contributed by atoms with Gasteiger partial charge in [-0.1, -0.05) is 43.1 Å². The summed E-state index contributed by atoms with van der Waals surface area (Å²) in [6.07, 6.45) is 5.90. The molecular formula is C17H15ClN2S. The molecule has 0 unspecified atom stereocenters. The molecular weight excluding hydrogens is 300 g/mol. The highest BCUT2D eigenvalue weighted by Gasteiger charge is 2.12. The molecule has 3 aromatic rings. The van der Waals surface area contributed by atoms with Gasteiger partial charge in [-0.05, 0) is 24.1 Å². The summed E-state index contributed by atoms with van der Waals surface area (Å²) in [5.74, 6) is 0. The van der Waals surface area contributed by atoms with Gasteiger partial charge < -0.3 is 0 Å². The second kappa shape index (κ2) is 6.37. The summed E-state index contributed by atoms with van der Waals surface area (Å²) in [7, 11) is 0. The Balaban J connectivity index is 2.01. The number of halogens is 1. The van der Waals surface area contributed by atoms with Crippen LogP contribution in [0.2, 0.25) is 5.02 Å². The van der Waals surface area contributed by atoms with Gasteiger partial charge in [-0.25, -0.2) is 4.98 Å². The molecule has 2 heterocycles. The van der Waals surface area contributed by atoms with Crippen LogP contribution in [0.3, 0.4) is 0 Å². The third-order valence-electron chi connectivity index (χ3n) is 3.32. The number of rotatable bonds is 4. The number of aryl methyl sites for hydroxylation is 1. The van der Waals surface area contributed by atoms with Crippen LogP contribution < -0.4 is 0 Å². The summed E-state index contributed by atoms with van der Waals surface area (Å²) in [5, 5.41) is 3.79. The van der Waals surface area contributed by atoms with Crippen molar-refractivity contribution < 1.29 is 0 Å². The van der Waals surface area contributed by atoms with Crippen molar-refractivity contribution in [1.82, 2.24) is 9.97 Å². The van der Waals surface area contributed by atoms with Gasteiger partial charge in [0.05, 0.1) is 5.69 Å². The smallest absolute Gasteiger partial charge is 0.125 e. The van der Waals surface area contributed by atoms with Gasteiger partial charge in [0.2, 0.25) is 0 Å². The number of aromatic nitrogens is 2. The first-order valence-electron chi connectivity index (χ1n) is 6.93. The maximum absolute atomic E-state index is 6.25. The zero-order valence-corrected chi connectivity index (χ0v) is 13.3. The number of nitrogens with zero attached hydrogens (tertiary/aromatic N) is 2. The molecule has 21 heavy (non-hydrogen) atoms. The van der Waals surface area contributed by atoms with Crippen LogP contribution in [0, 0.1) is 0 Å². The average Bonchev–Trinajstić information content (AvgIpc) is 2.98. The predicted octanol–water partition coefficient (Wildman–Crippen LogP) is 5.48. The normalized spacial score (nSPS) is 10.8. The first-order valence-corrected chi connectivity index (χ1v) is 8.19. The SMILES string of the molecule is CCCc1ccncc1-c1nc(-c2ccccc2Cl)cs1. The molecule has 2 aromatic heterocycles. The Labute approximate surface area is 133 Å². The molecule has 106 valence electrons. The Morgan fingerprint density at radius 1 is 1.14 bits per heavy atom. The minimum Gasteiger partial charge on any atom is -0.264 e. The molecule has 0 radical (unpaired) electrons. The average molecular weight is 315 g/mol. The van der Waals surface area contributed by atoms with Crippen LogP contribution in [0.5, 0.6) is 0 Å². The first-order chi connectivity index (χ1) is 10.3. The number of pyridine rings is 1. The van der Waals surface area contributed by atoms with Gasteiger partial charge in [-0.3, -0.25) is 4.98 Å². The van der Waals surface area contributed by atoms with Crippen molar-refractivity contribution in [3.05, 3.63) is 58.7 Å². The monoisotopic (exact) mass is 314 g/mol. The van der Waals surface area contributed by atoms with E-state index < -0.39 is 0 Å².